The summed E-state index contributed by atoms with van der Waals surface area (Å²) in [4.78, 5) is 11.3. The molecule has 0 aliphatic carbocycles. The van der Waals surface area contributed by atoms with Gasteiger partial charge in [0.2, 0.25) is 5.95 Å². The lowest BCUT2D eigenvalue weighted by Gasteiger charge is -2.05. The number of nitrogens with zero attached hydrogens (tertiary/aromatic N) is 3. The van der Waals surface area contributed by atoms with Crippen LogP contribution < -0.4 is 4.72 Å². The summed E-state index contributed by atoms with van der Waals surface area (Å²) in [6.07, 6.45) is 4.14. The highest BCUT2D eigenvalue weighted by atomic mass is 32.2. The smallest absolute Gasteiger partial charge is 0.281 e. The molecule has 94 valence electrons. The van der Waals surface area contributed by atoms with E-state index in [1.165, 1.54) is 30.7 Å². The fourth-order valence-electron chi connectivity index (χ4n) is 1.19. The van der Waals surface area contributed by atoms with Crippen molar-refractivity contribution in [3.05, 3.63) is 42.4 Å². The van der Waals surface area contributed by atoms with Gasteiger partial charge in [-0.15, -0.1) is 0 Å². The van der Waals surface area contributed by atoms with Crippen molar-refractivity contribution in [1.29, 1.82) is 0 Å². The van der Waals surface area contributed by atoms with Gasteiger partial charge in [0.25, 0.3) is 10.0 Å². The van der Waals surface area contributed by atoms with Gasteiger partial charge in [0.15, 0.2) is 5.03 Å². The Morgan fingerprint density at radius 1 is 1.17 bits per heavy atom. The molecule has 0 spiro atoms. The summed E-state index contributed by atoms with van der Waals surface area (Å²) in [6, 6.07) is 4.36. The van der Waals surface area contributed by atoms with Gasteiger partial charge in [-0.2, -0.15) is 8.42 Å². The van der Waals surface area contributed by atoms with Crippen LogP contribution in [0.5, 0.6) is 0 Å². The molecule has 0 fully saturated rings. The lowest BCUT2D eigenvalue weighted by molar-refractivity contribution is 0.281. The van der Waals surface area contributed by atoms with E-state index in [9.17, 15) is 8.42 Å². The Morgan fingerprint density at radius 3 is 2.44 bits per heavy atom. The predicted octanol–water partition coefficient (Wildman–Crippen LogP) is 0.165. The minimum absolute atomic E-state index is 0.0227. The van der Waals surface area contributed by atoms with Gasteiger partial charge in [0.05, 0.1) is 6.61 Å². The molecule has 0 radical (unpaired) electrons. The maximum atomic E-state index is 11.9. The second kappa shape index (κ2) is 5.07. The molecular weight excluding hydrogens is 256 g/mol. The summed E-state index contributed by atoms with van der Waals surface area (Å²) < 4.78 is 26.0. The zero-order valence-electron chi connectivity index (χ0n) is 9.18. The van der Waals surface area contributed by atoms with Crippen molar-refractivity contribution >= 4 is 16.0 Å². The first kappa shape index (κ1) is 12.4. The highest BCUT2D eigenvalue weighted by Gasteiger charge is 2.16. The van der Waals surface area contributed by atoms with Gasteiger partial charge in [-0.25, -0.2) is 19.7 Å². The van der Waals surface area contributed by atoms with E-state index in [1.807, 2.05) is 0 Å². The molecule has 2 heterocycles. The minimum atomic E-state index is -3.81. The predicted molar refractivity (Wildman–Crippen MR) is 63.0 cm³/mol. The molecule has 2 rings (SSSR count). The van der Waals surface area contributed by atoms with Gasteiger partial charge in [-0.3, -0.25) is 0 Å². The molecule has 0 atom stereocenters. The van der Waals surface area contributed by atoms with Crippen molar-refractivity contribution in [3.8, 4) is 0 Å². The van der Waals surface area contributed by atoms with Crippen molar-refractivity contribution in [2.75, 3.05) is 4.72 Å². The molecule has 2 aromatic rings. The second-order valence-corrected chi connectivity index (χ2v) is 4.97. The molecule has 2 N–H and O–H groups in total. The number of nitrogens with one attached hydrogen (secondary N) is 1. The number of sulfonamides is 1. The summed E-state index contributed by atoms with van der Waals surface area (Å²) in [5.41, 5.74) is 0.532. The summed E-state index contributed by atoms with van der Waals surface area (Å²) in [7, 11) is -3.81. The van der Waals surface area contributed by atoms with Crippen LogP contribution in [0.4, 0.5) is 5.95 Å². The van der Waals surface area contributed by atoms with E-state index in [-0.39, 0.29) is 17.6 Å². The lowest BCUT2D eigenvalue weighted by atomic mass is 10.3. The van der Waals surface area contributed by atoms with E-state index in [4.69, 9.17) is 5.11 Å². The lowest BCUT2D eigenvalue weighted by Crippen LogP contribution is -2.16. The Labute approximate surface area is 104 Å². The maximum Gasteiger partial charge on any atom is 0.281 e. The van der Waals surface area contributed by atoms with E-state index < -0.39 is 10.0 Å². The van der Waals surface area contributed by atoms with Crippen molar-refractivity contribution in [2.24, 2.45) is 0 Å². The molecule has 0 saturated carbocycles. The first-order valence-electron chi connectivity index (χ1n) is 4.97. The average molecular weight is 266 g/mol. The highest BCUT2D eigenvalue weighted by Crippen LogP contribution is 2.10. The van der Waals surface area contributed by atoms with Gasteiger partial charge in [-0.05, 0) is 17.7 Å². The van der Waals surface area contributed by atoms with Crippen LogP contribution in [-0.2, 0) is 16.6 Å². The van der Waals surface area contributed by atoms with Crippen LogP contribution >= 0.6 is 0 Å². The SMILES string of the molecule is O=S(=O)(Nc1ncccn1)c1ccc(CO)cn1. The quantitative estimate of drug-likeness (QED) is 0.817. The van der Waals surface area contributed by atoms with Crippen molar-refractivity contribution in [1.82, 2.24) is 15.0 Å². The molecule has 7 nitrogen and oxygen atoms in total. The van der Waals surface area contributed by atoms with E-state index in [0.717, 1.165) is 0 Å². The first-order valence-corrected chi connectivity index (χ1v) is 6.46. The van der Waals surface area contributed by atoms with Crippen LogP contribution in [0.1, 0.15) is 5.56 Å². The Morgan fingerprint density at radius 2 is 1.89 bits per heavy atom. The second-order valence-electron chi connectivity index (χ2n) is 3.34. The van der Waals surface area contributed by atoms with Gasteiger partial charge in [0.1, 0.15) is 0 Å². The molecule has 0 amide bonds. The van der Waals surface area contributed by atoms with Gasteiger partial charge in [-0.1, -0.05) is 6.07 Å². The van der Waals surface area contributed by atoms with E-state index in [1.54, 1.807) is 6.07 Å². The number of aromatic nitrogens is 3. The third kappa shape index (κ3) is 2.79. The number of aliphatic hydroxyl groups excluding tert-OH is 1. The summed E-state index contributed by atoms with van der Waals surface area (Å²) >= 11 is 0. The summed E-state index contributed by atoms with van der Waals surface area (Å²) in [5, 5.41) is 8.68. The number of pyridine rings is 1. The number of aliphatic hydroxyl groups is 1. The molecule has 18 heavy (non-hydrogen) atoms. The maximum absolute atomic E-state index is 11.9. The molecule has 0 aliphatic heterocycles. The van der Waals surface area contributed by atoms with Crippen LogP contribution in [0.25, 0.3) is 0 Å². The van der Waals surface area contributed by atoms with Gasteiger partial charge >= 0.3 is 0 Å². The van der Waals surface area contributed by atoms with Crippen LogP contribution in [0.15, 0.2) is 41.8 Å². The highest BCUT2D eigenvalue weighted by molar-refractivity contribution is 7.92. The molecule has 0 saturated heterocycles. The van der Waals surface area contributed by atoms with Crippen LogP contribution in [0.2, 0.25) is 0 Å². The first-order chi connectivity index (χ1) is 8.62. The van der Waals surface area contributed by atoms with Crippen LogP contribution in [0.3, 0.4) is 0 Å². The van der Waals surface area contributed by atoms with E-state index in [0.29, 0.717) is 5.56 Å². The minimum Gasteiger partial charge on any atom is -0.392 e. The van der Waals surface area contributed by atoms with Crippen molar-refractivity contribution < 1.29 is 13.5 Å². The third-order valence-electron chi connectivity index (χ3n) is 2.05. The molecule has 0 unspecified atom stereocenters. The van der Waals surface area contributed by atoms with Gasteiger partial charge in [0, 0.05) is 18.6 Å². The number of anilines is 1. The largest absolute Gasteiger partial charge is 0.392 e. The molecule has 2 aromatic heterocycles. The number of hydrogen-bond donors (Lipinski definition) is 2. The molecular formula is C10H10N4O3S. The molecule has 8 heteroatoms. The van der Waals surface area contributed by atoms with Crippen molar-refractivity contribution in [2.45, 2.75) is 11.6 Å². The third-order valence-corrected chi connectivity index (χ3v) is 3.29. The Bertz CT molecular complexity index is 613. The molecule has 0 bridgehead atoms. The monoisotopic (exact) mass is 266 g/mol. The average Bonchev–Trinajstić information content (AvgIpc) is 2.39. The summed E-state index contributed by atoms with van der Waals surface area (Å²) in [6.45, 7) is -0.192. The number of hydrogen-bond acceptors (Lipinski definition) is 6. The zero-order valence-corrected chi connectivity index (χ0v) is 10.0. The zero-order chi connectivity index (χ0) is 13.0. The van der Waals surface area contributed by atoms with E-state index in [2.05, 4.69) is 19.7 Å². The fraction of sp³-hybridized carbons (Fsp3) is 0.100. The fourth-order valence-corrected chi connectivity index (χ4v) is 2.08. The van der Waals surface area contributed by atoms with Crippen LogP contribution in [0, 0.1) is 0 Å². The Kier molecular flexibility index (Phi) is 3.49. The molecule has 0 aliphatic rings. The van der Waals surface area contributed by atoms with Gasteiger partial charge < -0.3 is 5.11 Å². The molecule has 0 aromatic carbocycles. The Balaban J connectivity index is 2.25. The standard InChI is InChI=1S/C10H10N4O3S/c15-7-8-2-3-9(13-6-8)18(16,17)14-10-11-4-1-5-12-10/h1-6,15H,7H2,(H,11,12,14). The topological polar surface area (TPSA) is 105 Å². The van der Waals surface area contributed by atoms with Crippen LogP contribution in [-0.4, -0.2) is 28.5 Å². The normalized spacial score (nSPS) is 11.2. The van der Waals surface area contributed by atoms with E-state index >= 15 is 0 Å². The number of rotatable bonds is 4. The van der Waals surface area contributed by atoms with Crippen molar-refractivity contribution in [3.63, 3.8) is 0 Å². The summed E-state index contributed by atoms with van der Waals surface area (Å²) in [5.74, 6) is -0.0227. The Hall–Kier alpha value is -2.06.